The minimum atomic E-state index is -0.715. The average molecular weight is 227 g/mol. The molecule has 0 atom stereocenters. The van der Waals surface area contributed by atoms with E-state index >= 15 is 0 Å². The summed E-state index contributed by atoms with van der Waals surface area (Å²) in [7, 11) is 1.55. The molecule has 0 spiro atoms. The van der Waals surface area contributed by atoms with Crippen LogP contribution in [0.4, 0.5) is 0 Å². The Morgan fingerprint density at radius 3 is 2.47 bits per heavy atom. The summed E-state index contributed by atoms with van der Waals surface area (Å²) in [4.78, 5) is 17.3. The van der Waals surface area contributed by atoms with Gasteiger partial charge in [0, 0.05) is 12.0 Å². The highest BCUT2D eigenvalue weighted by atomic mass is 32.1. The van der Waals surface area contributed by atoms with E-state index in [9.17, 15) is 4.79 Å². The Balaban J connectivity index is 2.75. The standard InChI is InChI=1S/C11H17NO2S/c1-7-8(2)15-10(12-7)6-9(13)11(3,4)14-5/h6H2,1-5H3. The molecule has 0 N–H and O–H groups in total. The molecule has 3 nitrogen and oxygen atoms in total. The summed E-state index contributed by atoms with van der Waals surface area (Å²) >= 11 is 1.58. The third kappa shape index (κ3) is 2.86. The minimum absolute atomic E-state index is 0.0683. The number of carbonyl (C=O) groups is 1. The highest BCUT2D eigenvalue weighted by Gasteiger charge is 2.27. The number of aryl methyl sites for hydroxylation is 2. The topological polar surface area (TPSA) is 39.2 Å². The lowest BCUT2D eigenvalue weighted by Crippen LogP contribution is -2.35. The third-order valence-corrected chi connectivity index (χ3v) is 3.64. The molecule has 0 aliphatic heterocycles. The van der Waals surface area contributed by atoms with Crippen molar-refractivity contribution in [2.24, 2.45) is 0 Å². The molecule has 1 rings (SSSR count). The minimum Gasteiger partial charge on any atom is -0.371 e. The van der Waals surface area contributed by atoms with Crippen LogP contribution < -0.4 is 0 Å². The quantitative estimate of drug-likeness (QED) is 0.792. The maximum Gasteiger partial charge on any atom is 0.170 e. The summed E-state index contributed by atoms with van der Waals surface area (Å²) in [6.45, 7) is 7.54. The first-order valence-corrected chi connectivity index (χ1v) is 5.70. The Labute approximate surface area is 94.5 Å². The van der Waals surface area contributed by atoms with Gasteiger partial charge in [-0.1, -0.05) is 0 Å². The molecular formula is C11H17NO2S. The lowest BCUT2D eigenvalue weighted by atomic mass is 10.0. The Morgan fingerprint density at radius 1 is 1.47 bits per heavy atom. The van der Waals surface area contributed by atoms with Crippen LogP contribution in [-0.2, 0) is 16.0 Å². The summed E-state index contributed by atoms with van der Waals surface area (Å²) in [5.41, 5.74) is 0.297. The Hall–Kier alpha value is -0.740. The molecule has 0 aliphatic rings. The van der Waals surface area contributed by atoms with E-state index in [2.05, 4.69) is 4.98 Å². The van der Waals surface area contributed by atoms with Gasteiger partial charge in [-0.05, 0) is 27.7 Å². The Bertz CT molecular complexity index is 349. The molecule has 0 saturated carbocycles. The van der Waals surface area contributed by atoms with Crippen LogP contribution in [0.25, 0.3) is 0 Å². The summed E-state index contributed by atoms with van der Waals surface area (Å²) in [6.07, 6.45) is 0.361. The molecule has 0 aromatic carbocycles. The van der Waals surface area contributed by atoms with Crippen molar-refractivity contribution in [3.8, 4) is 0 Å². The molecule has 0 unspecified atom stereocenters. The first kappa shape index (κ1) is 12.3. The lowest BCUT2D eigenvalue weighted by Gasteiger charge is -2.20. The fraction of sp³-hybridized carbons (Fsp3) is 0.636. The number of thiazole rings is 1. The Morgan fingerprint density at radius 2 is 2.07 bits per heavy atom. The monoisotopic (exact) mass is 227 g/mol. The number of ether oxygens (including phenoxy) is 1. The van der Waals surface area contributed by atoms with Crippen LogP contribution in [-0.4, -0.2) is 23.5 Å². The molecule has 4 heteroatoms. The van der Waals surface area contributed by atoms with Crippen LogP contribution in [0.15, 0.2) is 0 Å². The van der Waals surface area contributed by atoms with Gasteiger partial charge in [-0.15, -0.1) is 11.3 Å². The molecular weight excluding hydrogens is 210 g/mol. The van der Waals surface area contributed by atoms with Gasteiger partial charge in [0.25, 0.3) is 0 Å². The second-order valence-corrected chi connectivity index (χ2v) is 5.35. The van der Waals surface area contributed by atoms with Gasteiger partial charge in [-0.2, -0.15) is 0 Å². The molecule has 1 aromatic heterocycles. The van der Waals surface area contributed by atoms with Crippen molar-refractivity contribution in [2.75, 3.05) is 7.11 Å². The zero-order valence-electron chi connectivity index (χ0n) is 9.88. The maximum absolute atomic E-state index is 11.8. The van der Waals surface area contributed by atoms with E-state index in [4.69, 9.17) is 4.74 Å². The van der Waals surface area contributed by atoms with E-state index in [1.54, 1.807) is 32.3 Å². The lowest BCUT2D eigenvalue weighted by molar-refractivity contribution is -0.136. The van der Waals surface area contributed by atoms with Crippen LogP contribution in [0.1, 0.15) is 29.4 Å². The number of aromatic nitrogens is 1. The highest BCUT2D eigenvalue weighted by molar-refractivity contribution is 7.11. The zero-order chi connectivity index (χ0) is 11.6. The fourth-order valence-corrected chi connectivity index (χ4v) is 2.01. The van der Waals surface area contributed by atoms with Crippen molar-refractivity contribution in [2.45, 2.75) is 39.7 Å². The van der Waals surface area contributed by atoms with E-state index in [-0.39, 0.29) is 5.78 Å². The number of ketones is 1. The molecule has 84 valence electrons. The van der Waals surface area contributed by atoms with Gasteiger partial charge in [0.05, 0.1) is 12.1 Å². The van der Waals surface area contributed by atoms with E-state index in [1.165, 1.54) is 4.88 Å². The van der Waals surface area contributed by atoms with Crippen LogP contribution in [0, 0.1) is 13.8 Å². The number of methoxy groups -OCH3 is 1. The molecule has 15 heavy (non-hydrogen) atoms. The Kier molecular flexibility index (Phi) is 3.62. The van der Waals surface area contributed by atoms with E-state index < -0.39 is 5.60 Å². The van der Waals surface area contributed by atoms with Crippen LogP contribution in [0.5, 0.6) is 0 Å². The molecule has 0 radical (unpaired) electrons. The first-order valence-electron chi connectivity index (χ1n) is 4.88. The predicted molar refractivity (Wildman–Crippen MR) is 61.4 cm³/mol. The van der Waals surface area contributed by atoms with Crippen LogP contribution in [0.2, 0.25) is 0 Å². The van der Waals surface area contributed by atoms with Crippen molar-refractivity contribution >= 4 is 17.1 Å². The average Bonchev–Trinajstić information content (AvgIpc) is 2.46. The fourth-order valence-electron chi connectivity index (χ4n) is 1.08. The SMILES string of the molecule is COC(C)(C)C(=O)Cc1nc(C)c(C)s1. The number of hydrogen-bond acceptors (Lipinski definition) is 4. The van der Waals surface area contributed by atoms with Gasteiger partial charge in [0.15, 0.2) is 5.78 Å². The van der Waals surface area contributed by atoms with Crippen molar-refractivity contribution in [1.82, 2.24) is 4.98 Å². The van der Waals surface area contributed by atoms with Crippen molar-refractivity contribution < 1.29 is 9.53 Å². The van der Waals surface area contributed by atoms with Crippen LogP contribution in [0.3, 0.4) is 0 Å². The maximum atomic E-state index is 11.8. The van der Waals surface area contributed by atoms with Gasteiger partial charge < -0.3 is 4.74 Å². The number of hydrogen-bond donors (Lipinski definition) is 0. The van der Waals surface area contributed by atoms with Gasteiger partial charge in [-0.25, -0.2) is 4.98 Å². The first-order chi connectivity index (χ1) is 6.86. The van der Waals surface area contributed by atoms with Crippen molar-refractivity contribution in [3.63, 3.8) is 0 Å². The molecule has 0 bridgehead atoms. The molecule has 1 heterocycles. The third-order valence-electron chi connectivity index (χ3n) is 2.57. The smallest absolute Gasteiger partial charge is 0.170 e. The van der Waals surface area contributed by atoms with Gasteiger partial charge in [-0.3, -0.25) is 4.79 Å². The van der Waals surface area contributed by atoms with Gasteiger partial charge in [0.1, 0.15) is 10.6 Å². The van der Waals surface area contributed by atoms with E-state index in [1.807, 2.05) is 13.8 Å². The molecule has 0 amide bonds. The number of Topliss-reactive ketones (excluding diaryl/α,β-unsaturated/α-hetero) is 1. The van der Waals surface area contributed by atoms with Gasteiger partial charge in [0.2, 0.25) is 0 Å². The van der Waals surface area contributed by atoms with Crippen molar-refractivity contribution in [1.29, 1.82) is 0 Å². The zero-order valence-corrected chi connectivity index (χ0v) is 10.7. The number of rotatable bonds is 4. The predicted octanol–water partition coefficient (Wildman–Crippen LogP) is 2.30. The molecule has 0 aliphatic carbocycles. The largest absolute Gasteiger partial charge is 0.371 e. The van der Waals surface area contributed by atoms with Crippen LogP contribution >= 0.6 is 11.3 Å². The van der Waals surface area contributed by atoms with E-state index in [0.29, 0.717) is 6.42 Å². The van der Waals surface area contributed by atoms with E-state index in [0.717, 1.165) is 10.7 Å². The summed E-state index contributed by atoms with van der Waals surface area (Å²) in [5, 5.41) is 0.875. The molecule has 0 fully saturated rings. The summed E-state index contributed by atoms with van der Waals surface area (Å²) in [5.74, 6) is 0.0683. The number of nitrogens with zero attached hydrogens (tertiary/aromatic N) is 1. The summed E-state index contributed by atoms with van der Waals surface area (Å²) < 4.78 is 5.14. The molecule has 1 aromatic rings. The molecule has 0 saturated heterocycles. The van der Waals surface area contributed by atoms with Crippen molar-refractivity contribution in [3.05, 3.63) is 15.6 Å². The van der Waals surface area contributed by atoms with Gasteiger partial charge >= 0.3 is 0 Å². The second kappa shape index (κ2) is 4.41. The number of carbonyl (C=O) groups excluding carboxylic acids is 1. The highest BCUT2D eigenvalue weighted by Crippen LogP contribution is 2.20. The normalized spacial score (nSPS) is 11.8. The second-order valence-electron chi connectivity index (χ2n) is 4.06. The summed E-state index contributed by atoms with van der Waals surface area (Å²) in [6, 6.07) is 0.